The van der Waals surface area contributed by atoms with E-state index in [1.54, 1.807) is 6.20 Å². The molecule has 0 radical (unpaired) electrons. The standard InChI is InChI=1S/C19H17NO/c1-2-14-10-6-12-20-19(14)18(21)13-16-9-5-8-15-7-3-4-11-17(15)16/h3-12H,2,13H2,1H3. The lowest BCUT2D eigenvalue weighted by Gasteiger charge is -2.08. The fourth-order valence-corrected chi connectivity index (χ4v) is 2.68. The van der Waals surface area contributed by atoms with Crippen LogP contribution in [-0.4, -0.2) is 10.8 Å². The van der Waals surface area contributed by atoms with Crippen LogP contribution in [0.15, 0.2) is 60.8 Å². The van der Waals surface area contributed by atoms with Gasteiger partial charge in [0.2, 0.25) is 0 Å². The van der Waals surface area contributed by atoms with E-state index in [0.717, 1.165) is 22.9 Å². The zero-order valence-electron chi connectivity index (χ0n) is 12.0. The van der Waals surface area contributed by atoms with Crippen molar-refractivity contribution in [3.8, 4) is 0 Å². The van der Waals surface area contributed by atoms with Crippen LogP contribution in [0.3, 0.4) is 0 Å². The van der Waals surface area contributed by atoms with Crippen molar-refractivity contribution in [2.75, 3.05) is 0 Å². The van der Waals surface area contributed by atoms with Crippen molar-refractivity contribution >= 4 is 16.6 Å². The van der Waals surface area contributed by atoms with Gasteiger partial charge in [0.05, 0.1) is 0 Å². The number of nitrogens with zero attached hydrogens (tertiary/aromatic N) is 1. The van der Waals surface area contributed by atoms with E-state index in [4.69, 9.17) is 0 Å². The van der Waals surface area contributed by atoms with Gasteiger partial charge in [0.1, 0.15) is 5.69 Å². The Hall–Kier alpha value is -2.48. The predicted octanol–water partition coefficient (Wildman–Crippen LogP) is 4.22. The molecule has 2 nitrogen and oxygen atoms in total. The highest BCUT2D eigenvalue weighted by Crippen LogP contribution is 2.20. The van der Waals surface area contributed by atoms with E-state index >= 15 is 0 Å². The van der Waals surface area contributed by atoms with Crippen LogP contribution in [0.4, 0.5) is 0 Å². The Labute approximate surface area is 124 Å². The maximum atomic E-state index is 12.6. The molecule has 0 bridgehead atoms. The molecule has 104 valence electrons. The van der Waals surface area contributed by atoms with Crippen LogP contribution in [0, 0.1) is 0 Å². The fourth-order valence-electron chi connectivity index (χ4n) is 2.68. The second-order valence-electron chi connectivity index (χ2n) is 5.10. The number of hydrogen-bond acceptors (Lipinski definition) is 2. The summed E-state index contributed by atoms with van der Waals surface area (Å²) >= 11 is 0. The van der Waals surface area contributed by atoms with Gasteiger partial charge in [0.25, 0.3) is 0 Å². The number of hydrogen-bond donors (Lipinski definition) is 0. The molecule has 0 aliphatic carbocycles. The summed E-state index contributed by atoms with van der Waals surface area (Å²) in [6.07, 6.45) is 2.91. The molecule has 0 spiro atoms. The zero-order chi connectivity index (χ0) is 14.7. The first-order valence-electron chi connectivity index (χ1n) is 7.23. The maximum absolute atomic E-state index is 12.6. The van der Waals surface area contributed by atoms with Gasteiger partial charge in [-0.05, 0) is 34.4 Å². The Morgan fingerprint density at radius 3 is 2.57 bits per heavy atom. The number of aryl methyl sites for hydroxylation is 1. The van der Waals surface area contributed by atoms with E-state index in [2.05, 4.69) is 23.2 Å². The van der Waals surface area contributed by atoms with Crippen molar-refractivity contribution in [1.82, 2.24) is 4.98 Å². The summed E-state index contributed by atoms with van der Waals surface area (Å²) in [7, 11) is 0. The average Bonchev–Trinajstić information content (AvgIpc) is 2.55. The van der Waals surface area contributed by atoms with Gasteiger partial charge in [-0.1, -0.05) is 55.5 Å². The highest BCUT2D eigenvalue weighted by molar-refractivity contribution is 5.99. The van der Waals surface area contributed by atoms with Gasteiger partial charge >= 0.3 is 0 Å². The SMILES string of the molecule is CCc1cccnc1C(=O)Cc1cccc2ccccc12. The van der Waals surface area contributed by atoms with Gasteiger partial charge in [-0.15, -0.1) is 0 Å². The first-order valence-corrected chi connectivity index (χ1v) is 7.23. The molecule has 0 saturated carbocycles. The van der Waals surface area contributed by atoms with Crippen molar-refractivity contribution in [3.63, 3.8) is 0 Å². The van der Waals surface area contributed by atoms with Crippen LogP contribution in [0.1, 0.15) is 28.5 Å². The summed E-state index contributed by atoms with van der Waals surface area (Å²) in [6, 6.07) is 18.1. The number of fused-ring (bicyclic) bond motifs is 1. The Kier molecular flexibility index (Phi) is 3.78. The minimum absolute atomic E-state index is 0.0869. The molecule has 0 amide bonds. The number of aromatic nitrogens is 1. The molecule has 3 aromatic rings. The number of pyridine rings is 1. The van der Waals surface area contributed by atoms with Crippen LogP contribution in [0.5, 0.6) is 0 Å². The molecule has 2 heteroatoms. The molecule has 0 N–H and O–H groups in total. The van der Waals surface area contributed by atoms with Crippen LogP contribution >= 0.6 is 0 Å². The molecule has 0 aliphatic heterocycles. The Morgan fingerprint density at radius 2 is 1.71 bits per heavy atom. The summed E-state index contributed by atoms with van der Waals surface area (Å²) in [6.45, 7) is 2.05. The molecule has 0 aliphatic rings. The molecular weight excluding hydrogens is 258 g/mol. The average molecular weight is 275 g/mol. The molecule has 2 aromatic carbocycles. The Bertz CT molecular complexity index is 787. The molecule has 1 heterocycles. The largest absolute Gasteiger partial charge is 0.292 e. The van der Waals surface area contributed by atoms with Gasteiger partial charge < -0.3 is 0 Å². The first-order chi connectivity index (χ1) is 10.3. The molecule has 1 aromatic heterocycles. The Morgan fingerprint density at radius 1 is 0.952 bits per heavy atom. The second-order valence-corrected chi connectivity index (χ2v) is 5.10. The minimum Gasteiger partial charge on any atom is -0.292 e. The third kappa shape index (κ3) is 2.70. The van der Waals surface area contributed by atoms with Gasteiger partial charge in [0, 0.05) is 12.6 Å². The topological polar surface area (TPSA) is 30.0 Å². The third-order valence-electron chi connectivity index (χ3n) is 3.77. The Balaban J connectivity index is 1.97. The molecule has 0 atom stereocenters. The van der Waals surface area contributed by atoms with Crippen molar-refractivity contribution in [3.05, 3.63) is 77.6 Å². The summed E-state index contributed by atoms with van der Waals surface area (Å²) in [5.41, 5.74) is 2.68. The maximum Gasteiger partial charge on any atom is 0.185 e. The molecule has 0 fully saturated rings. The lowest BCUT2D eigenvalue weighted by molar-refractivity contribution is 0.0987. The molecular formula is C19H17NO. The van der Waals surface area contributed by atoms with Crippen LogP contribution in [0.25, 0.3) is 10.8 Å². The molecule has 3 rings (SSSR count). The lowest BCUT2D eigenvalue weighted by atomic mass is 9.97. The van der Waals surface area contributed by atoms with E-state index in [1.165, 1.54) is 5.39 Å². The van der Waals surface area contributed by atoms with Gasteiger partial charge in [0.15, 0.2) is 5.78 Å². The van der Waals surface area contributed by atoms with Crippen molar-refractivity contribution in [2.24, 2.45) is 0 Å². The zero-order valence-corrected chi connectivity index (χ0v) is 12.0. The van der Waals surface area contributed by atoms with Crippen molar-refractivity contribution < 1.29 is 4.79 Å². The second kappa shape index (κ2) is 5.88. The fraction of sp³-hybridized carbons (Fsp3) is 0.158. The number of carbonyl (C=O) groups excluding carboxylic acids is 1. The molecule has 0 unspecified atom stereocenters. The van der Waals surface area contributed by atoms with E-state index in [0.29, 0.717) is 12.1 Å². The monoisotopic (exact) mass is 275 g/mol. The van der Waals surface area contributed by atoms with Gasteiger partial charge in [-0.25, -0.2) is 0 Å². The number of Topliss-reactive ketones (excluding diaryl/α,β-unsaturated/α-hetero) is 1. The highest BCUT2D eigenvalue weighted by atomic mass is 16.1. The minimum atomic E-state index is 0.0869. The highest BCUT2D eigenvalue weighted by Gasteiger charge is 2.13. The van der Waals surface area contributed by atoms with Crippen LogP contribution in [-0.2, 0) is 12.8 Å². The summed E-state index contributed by atoms with van der Waals surface area (Å²) < 4.78 is 0. The van der Waals surface area contributed by atoms with E-state index in [1.807, 2.05) is 43.3 Å². The smallest absolute Gasteiger partial charge is 0.185 e. The van der Waals surface area contributed by atoms with E-state index in [9.17, 15) is 4.79 Å². The third-order valence-corrected chi connectivity index (χ3v) is 3.77. The number of rotatable bonds is 4. The van der Waals surface area contributed by atoms with Gasteiger partial charge in [-0.2, -0.15) is 0 Å². The molecule has 0 saturated heterocycles. The van der Waals surface area contributed by atoms with E-state index < -0.39 is 0 Å². The van der Waals surface area contributed by atoms with Gasteiger partial charge in [-0.3, -0.25) is 9.78 Å². The predicted molar refractivity (Wildman–Crippen MR) is 85.6 cm³/mol. The first kappa shape index (κ1) is 13.5. The summed E-state index contributed by atoms with van der Waals surface area (Å²) in [5, 5.41) is 2.31. The normalized spacial score (nSPS) is 10.7. The number of ketones is 1. The molecule has 21 heavy (non-hydrogen) atoms. The van der Waals surface area contributed by atoms with Crippen LogP contribution in [0.2, 0.25) is 0 Å². The van der Waals surface area contributed by atoms with Crippen LogP contribution < -0.4 is 0 Å². The van der Waals surface area contributed by atoms with Crippen molar-refractivity contribution in [2.45, 2.75) is 19.8 Å². The summed E-state index contributed by atoms with van der Waals surface area (Å²) in [4.78, 5) is 16.9. The number of benzene rings is 2. The van der Waals surface area contributed by atoms with E-state index in [-0.39, 0.29) is 5.78 Å². The number of carbonyl (C=O) groups is 1. The van der Waals surface area contributed by atoms with Crippen molar-refractivity contribution in [1.29, 1.82) is 0 Å². The lowest BCUT2D eigenvalue weighted by Crippen LogP contribution is -2.09. The summed E-state index contributed by atoms with van der Waals surface area (Å²) in [5.74, 6) is 0.0869. The quantitative estimate of drug-likeness (QED) is 0.667.